The highest BCUT2D eigenvalue weighted by molar-refractivity contribution is 5.16. The lowest BCUT2D eigenvalue weighted by Gasteiger charge is -2.45. The molecule has 0 saturated carbocycles. The molecule has 0 amide bonds. The van der Waals surface area contributed by atoms with Gasteiger partial charge in [-0.25, -0.2) is 0 Å². The predicted octanol–water partition coefficient (Wildman–Crippen LogP) is 0.858. The number of rotatable bonds is 2. The fourth-order valence-corrected chi connectivity index (χ4v) is 2.56. The van der Waals surface area contributed by atoms with Crippen molar-refractivity contribution in [2.75, 3.05) is 6.61 Å². The molecule has 0 bridgehead atoms. The minimum atomic E-state index is -1.38. The van der Waals surface area contributed by atoms with E-state index in [1.807, 2.05) is 30.3 Å². The summed E-state index contributed by atoms with van der Waals surface area (Å²) in [6.07, 6.45) is -4.52. The van der Waals surface area contributed by atoms with Crippen molar-refractivity contribution in [1.82, 2.24) is 0 Å². The number of hydrogen-bond donors (Lipinski definition) is 2. The maximum Gasteiger partial charge on any atom is 0.184 e. The number of ether oxygens (including phenoxy) is 3. The zero-order chi connectivity index (χ0) is 14.8. The number of aliphatic hydroxyl groups excluding tert-OH is 2. The second-order valence-electron chi connectivity index (χ2n) is 4.93. The molecule has 2 heterocycles. The van der Waals surface area contributed by atoms with Crippen molar-refractivity contribution in [3.05, 3.63) is 46.3 Å². The quantitative estimate of drug-likeness (QED) is 0.476. The molecule has 2 aliphatic heterocycles. The molecular formula is C13H15N3O5. The number of fused-ring (bicyclic) bond motifs is 1. The van der Waals surface area contributed by atoms with Crippen LogP contribution in [0, 0.1) is 0 Å². The van der Waals surface area contributed by atoms with Crippen LogP contribution in [0.5, 0.6) is 0 Å². The van der Waals surface area contributed by atoms with Crippen LogP contribution in [0.4, 0.5) is 0 Å². The normalized spacial score (nSPS) is 39.1. The highest BCUT2D eigenvalue weighted by atomic mass is 16.7. The number of aliphatic hydroxyl groups is 2. The zero-order valence-corrected chi connectivity index (χ0v) is 11.0. The molecule has 0 aromatic heterocycles. The average Bonchev–Trinajstić information content (AvgIpc) is 2.52. The van der Waals surface area contributed by atoms with Gasteiger partial charge in [0.05, 0.1) is 12.7 Å². The summed E-state index contributed by atoms with van der Waals surface area (Å²) in [5, 5.41) is 23.3. The van der Waals surface area contributed by atoms with Crippen LogP contribution in [0.15, 0.2) is 35.4 Å². The molecule has 8 nitrogen and oxygen atoms in total. The summed E-state index contributed by atoms with van der Waals surface area (Å²) in [7, 11) is 0. The first-order valence-corrected chi connectivity index (χ1v) is 6.58. The van der Waals surface area contributed by atoms with Gasteiger partial charge in [-0.1, -0.05) is 35.4 Å². The zero-order valence-electron chi connectivity index (χ0n) is 11.0. The predicted molar refractivity (Wildman–Crippen MR) is 69.8 cm³/mol. The van der Waals surface area contributed by atoms with E-state index in [0.29, 0.717) is 0 Å². The third kappa shape index (κ3) is 2.73. The maximum absolute atomic E-state index is 10.2. The van der Waals surface area contributed by atoms with Crippen molar-refractivity contribution in [2.45, 2.75) is 36.9 Å². The highest BCUT2D eigenvalue weighted by Crippen LogP contribution is 2.34. The van der Waals surface area contributed by atoms with Gasteiger partial charge in [0.25, 0.3) is 0 Å². The van der Waals surface area contributed by atoms with E-state index in [-0.39, 0.29) is 6.61 Å². The van der Waals surface area contributed by atoms with Crippen LogP contribution in [0.1, 0.15) is 11.9 Å². The first kappa shape index (κ1) is 14.3. The first-order chi connectivity index (χ1) is 10.2. The highest BCUT2D eigenvalue weighted by Gasteiger charge is 2.48. The summed E-state index contributed by atoms with van der Waals surface area (Å²) in [6.45, 7) is 0.168. The monoisotopic (exact) mass is 293 g/mol. The van der Waals surface area contributed by atoms with E-state index >= 15 is 0 Å². The van der Waals surface area contributed by atoms with Gasteiger partial charge >= 0.3 is 0 Å². The van der Waals surface area contributed by atoms with Crippen LogP contribution < -0.4 is 0 Å². The molecule has 21 heavy (non-hydrogen) atoms. The van der Waals surface area contributed by atoms with Gasteiger partial charge in [-0.05, 0) is 5.53 Å². The molecule has 4 unspecified atom stereocenters. The Morgan fingerprint density at radius 2 is 1.95 bits per heavy atom. The Balaban J connectivity index is 1.78. The lowest BCUT2D eigenvalue weighted by Crippen LogP contribution is -2.61. The molecule has 2 N–H and O–H groups in total. The van der Waals surface area contributed by atoms with Crippen molar-refractivity contribution >= 4 is 0 Å². The Morgan fingerprint density at radius 3 is 2.67 bits per heavy atom. The van der Waals surface area contributed by atoms with Crippen LogP contribution in [-0.2, 0) is 14.2 Å². The molecule has 0 radical (unpaired) electrons. The van der Waals surface area contributed by atoms with Gasteiger partial charge < -0.3 is 24.4 Å². The molecule has 3 rings (SSSR count). The fourth-order valence-electron chi connectivity index (χ4n) is 2.56. The summed E-state index contributed by atoms with van der Waals surface area (Å²) in [5.41, 5.74) is 9.31. The Labute approximate surface area is 120 Å². The smallest absolute Gasteiger partial charge is 0.184 e. The molecule has 8 heteroatoms. The average molecular weight is 293 g/mol. The SMILES string of the molecule is [N-]=[N+]=NC1C(O)OC2COC(c3ccccc3)O[C@H]2[C@@H]1O. The van der Waals surface area contributed by atoms with Crippen molar-refractivity contribution < 1.29 is 24.4 Å². The molecule has 112 valence electrons. The molecule has 6 atom stereocenters. The molecule has 2 aliphatic rings. The topological polar surface area (TPSA) is 117 Å². The van der Waals surface area contributed by atoms with Crippen LogP contribution in [-0.4, -0.2) is 47.5 Å². The minimum absolute atomic E-state index is 0.168. The number of azide groups is 1. The standard InChI is InChI=1S/C13H15N3O5/c14-16-15-9-10(17)11-8(20-12(9)18)6-19-13(21-11)7-4-2-1-3-5-7/h1-5,8-13,17-18H,6H2/t8?,9?,10-,11-,12?,13?/m1/s1. The summed E-state index contributed by atoms with van der Waals surface area (Å²) < 4.78 is 16.6. The molecule has 2 fully saturated rings. The maximum atomic E-state index is 10.2. The molecule has 1 aromatic rings. The first-order valence-electron chi connectivity index (χ1n) is 6.58. The van der Waals surface area contributed by atoms with E-state index in [0.717, 1.165) is 5.56 Å². The van der Waals surface area contributed by atoms with Gasteiger partial charge in [-0.15, -0.1) is 0 Å². The van der Waals surface area contributed by atoms with Gasteiger partial charge in [0.1, 0.15) is 18.2 Å². The number of benzene rings is 1. The number of hydrogen-bond acceptors (Lipinski definition) is 6. The van der Waals surface area contributed by atoms with Gasteiger partial charge in [-0.2, -0.15) is 0 Å². The summed E-state index contributed by atoms with van der Waals surface area (Å²) in [4.78, 5) is 2.61. The van der Waals surface area contributed by atoms with Crippen LogP contribution >= 0.6 is 0 Å². The Kier molecular flexibility index (Phi) is 4.07. The van der Waals surface area contributed by atoms with Crippen molar-refractivity contribution in [3.63, 3.8) is 0 Å². The van der Waals surface area contributed by atoms with Crippen LogP contribution in [0.25, 0.3) is 10.4 Å². The summed E-state index contributed by atoms with van der Waals surface area (Å²) in [5.74, 6) is 0. The molecule has 1 aromatic carbocycles. The van der Waals surface area contributed by atoms with E-state index in [2.05, 4.69) is 10.0 Å². The van der Waals surface area contributed by atoms with E-state index in [1.54, 1.807) is 0 Å². The van der Waals surface area contributed by atoms with Gasteiger partial charge in [0, 0.05) is 10.5 Å². The van der Waals surface area contributed by atoms with Crippen molar-refractivity contribution in [2.24, 2.45) is 5.11 Å². The Hall–Kier alpha value is -1.67. The van der Waals surface area contributed by atoms with E-state index < -0.39 is 36.9 Å². The van der Waals surface area contributed by atoms with Crippen LogP contribution in [0.3, 0.4) is 0 Å². The van der Waals surface area contributed by atoms with Crippen molar-refractivity contribution in [3.8, 4) is 0 Å². The van der Waals surface area contributed by atoms with E-state index in [9.17, 15) is 10.2 Å². The second kappa shape index (κ2) is 5.98. The Morgan fingerprint density at radius 1 is 1.19 bits per heavy atom. The minimum Gasteiger partial charge on any atom is -0.390 e. The summed E-state index contributed by atoms with van der Waals surface area (Å²) in [6, 6.07) is 8.18. The van der Waals surface area contributed by atoms with E-state index in [4.69, 9.17) is 19.7 Å². The third-order valence-electron chi connectivity index (χ3n) is 3.61. The second-order valence-corrected chi connectivity index (χ2v) is 4.93. The number of nitrogens with zero attached hydrogens (tertiary/aromatic N) is 3. The van der Waals surface area contributed by atoms with E-state index in [1.165, 1.54) is 0 Å². The lowest BCUT2D eigenvalue weighted by atomic mass is 9.96. The van der Waals surface area contributed by atoms with Crippen molar-refractivity contribution in [1.29, 1.82) is 0 Å². The largest absolute Gasteiger partial charge is 0.390 e. The van der Waals surface area contributed by atoms with Gasteiger partial charge in [-0.3, -0.25) is 0 Å². The van der Waals surface area contributed by atoms with Crippen LogP contribution in [0.2, 0.25) is 0 Å². The third-order valence-corrected chi connectivity index (χ3v) is 3.61. The van der Waals surface area contributed by atoms with Gasteiger partial charge in [0.15, 0.2) is 12.6 Å². The Bertz CT molecular complexity index is 536. The van der Waals surface area contributed by atoms with Gasteiger partial charge in [0.2, 0.25) is 0 Å². The molecular weight excluding hydrogens is 278 g/mol. The fraction of sp³-hybridized carbons (Fsp3) is 0.538. The molecule has 0 aliphatic carbocycles. The molecule has 2 saturated heterocycles. The summed E-state index contributed by atoms with van der Waals surface area (Å²) >= 11 is 0. The lowest BCUT2D eigenvalue weighted by molar-refractivity contribution is -0.335. The molecule has 0 spiro atoms.